The smallest absolute Gasteiger partial charge is 0.257 e. The van der Waals surface area contributed by atoms with Gasteiger partial charge in [0.05, 0.1) is 0 Å². The number of hydrogen-bond acceptors (Lipinski definition) is 6. The molecule has 0 spiro atoms. The van der Waals surface area contributed by atoms with Crippen LogP contribution in [0.4, 0.5) is 5.13 Å². The van der Waals surface area contributed by atoms with Gasteiger partial charge in [-0.25, -0.2) is 0 Å². The van der Waals surface area contributed by atoms with E-state index in [1.165, 1.54) is 41.7 Å². The van der Waals surface area contributed by atoms with Gasteiger partial charge in [0.25, 0.3) is 5.91 Å². The number of benzene rings is 2. The maximum Gasteiger partial charge on any atom is 0.257 e. The van der Waals surface area contributed by atoms with E-state index >= 15 is 0 Å². The van der Waals surface area contributed by atoms with Crippen LogP contribution in [0.3, 0.4) is 0 Å². The summed E-state index contributed by atoms with van der Waals surface area (Å²) in [6.07, 6.45) is 5.48. The summed E-state index contributed by atoms with van der Waals surface area (Å²) in [5, 5.41) is 11.5. The molecule has 32 heavy (non-hydrogen) atoms. The zero-order valence-corrected chi connectivity index (χ0v) is 19.7. The second-order valence-corrected chi connectivity index (χ2v) is 10.3. The molecule has 1 N–H and O–H groups in total. The maximum atomic E-state index is 12.5. The van der Waals surface area contributed by atoms with Crippen LogP contribution in [-0.2, 0) is 13.0 Å². The second kappa shape index (κ2) is 11.4. The highest BCUT2D eigenvalue weighted by atomic mass is 32.2. The summed E-state index contributed by atoms with van der Waals surface area (Å²) in [6, 6.07) is 18.7. The van der Waals surface area contributed by atoms with Gasteiger partial charge in [-0.2, -0.15) is 0 Å². The lowest BCUT2D eigenvalue weighted by Gasteiger charge is -2.32. The van der Waals surface area contributed by atoms with Gasteiger partial charge in [0.1, 0.15) is 0 Å². The molecule has 0 radical (unpaired) electrons. The van der Waals surface area contributed by atoms with E-state index in [0.29, 0.717) is 10.7 Å². The first-order valence-corrected chi connectivity index (χ1v) is 12.7. The van der Waals surface area contributed by atoms with E-state index in [2.05, 4.69) is 69.5 Å². The largest absolute Gasteiger partial charge is 0.299 e. The molecule has 0 saturated carbocycles. The van der Waals surface area contributed by atoms with Crippen LogP contribution >= 0.6 is 23.1 Å². The Balaban J connectivity index is 1.23. The van der Waals surface area contributed by atoms with Gasteiger partial charge in [0, 0.05) is 17.9 Å². The van der Waals surface area contributed by atoms with Crippen molar-refractivity contribution in [2.75, 3.05) is 24.2 Å². The van der Waals surface area contributed by atoms with E-state index in [4.69, 9.17) is 0 Å². The first-order valence-electron chi connectivity index (χ1n) is 10.9. The Kier molecular flexibility index (Phi) is 8.09. The molecule has 0 bridgehead atoms. The van der Waals surface area contributed by atoms with Crippen LogP contribution in [0.1, 0.15) is 34.3 Å². The normalized spacial score (nSPS) is 14.9. The molecule has 1 fully saturated rings. The van der Waals surface area contributed by atoms with E-state index in [1.807, 2.05) is 18.2 Å². The molecule has 0 atom stereocenters. The zero-order chi connectivity index (χ0) is 22.2. The van der Waals surface area contributed by atoms with E-state index in [0.717, 1.165) is 35.6 Å². The van der Waals surface area contributed by atoms with Gasteiger partial charge in [-0.15, -0.1) is 16.8 Å². The molecule has 0 unspecified atom stereocenters. The summed E-state index contributed by atoms with van der Waals surface area (Å²) in [4.78, 5) is 15.0. The molecule has 3 aromatic rings. The van der Waals surface area contributed by atoms with Crippen LogP contribution in [-0.4, -0.2) is 39.8 Å². The van der Waals surface area contributed by atoms with Crippen LogP contribution in [0.25, 0.3) is 0 Å². The lowest BCUT2D eigenvalue weighted by molar-refractivity contribution is 0.102. The van der Waals surface area contributed by atoms with Gasteiger partial charge < -0.3 is 0 Å². The SMILES string of the molecule is C=CCSc1nnc(NC(=O)c2ccc(CN3CCC(Cc4ccccc4)CC3)cc2)s1. The summed E-state index contributed by atoms with van der Waals surface area (Å²) in [7, 11) is 0. The van der Waals surface area contributed by atoms with Gasteiger partial charge >= 0.3 is 0 Å². The Morgan fingerprint density at radius 3 is 2.56 bits per heavy atom. The number of piperidine rings is 1. The number of aromatic nitrogens is 2. The summed E-state index contributed by atoms with van der Waals surface area (Å²) >= 11 is 2.93. The number of thioether (sulfide) groups is 1. The van der Waals surface area contributed by atoms with Crippen LogP contribution in [0.2, 0.25) is 0 Å². The summed E-state index contributed by atoms with van der Waals surface area (Å²) in [5.74, 6) is 1.39. The molecule has 1 aromatic heterocycles. The van der Waals surface area contributed by atoms with Gasteiger partial charge in [-0.3, -0.25) is 15.0 Å². The molecule has 166 valence electrons. The first kappa shape index (κ1) is 22.7. The molecule has 1 aliphatic heterocycles. The Morgan fingerprint density at radius 1 is 1.09 bits per heavy atom. The van der Waals surface area contributed by atoms with E-state index in [9.17, 15) is 4.79 Å². The van der Waals surface area contributed by atoms with Crippen LogP contribution in [0.15, 0.2) is 71.6 Å². The number of amides is 1. The molecule has 2 heterocycles. The molecule has 0 aliphatic carbocycles. The summed E-state index contributed by atoms with van der Waals surface area (Å²) in [5.41, 5.74) is 3.31. The Labute approximate surface area is 198 Å². The number of nitrogens with zero attached hydrogens (tertiary/aromatic N) is 3. The van der Waals surface area contributed by atoms with Crippen molar-refractivity contribution in [3.05, 3.63) is 83.9 Å². The van der Waals surface area contributed by atoms with Crippen molar-refractivity contribution in [2.24, 2.45) is 5.92 Å². The maximum absolute atomic E-state index is 12.5. The number of likely N-dealkylation sites (tertiary alicyclic amines) is 1. The minimum Gasteiger partial charge on any atom is -0.299 e. The van der Waals surface area contributed by atoms with Gasteiger partial charge in [-0.1, -0.05) is 71.6 Å². The third-order valence-electron chi connectivity index (χ3n) is 5.65. The zero-order valence-electron chi connectivity index (χ0n) is 18.1. The average molecular weight is 465 g/mol. The first-order chi connectivity index (χ1) is 15.7. The van der Waals surface area contributed by atoms with Crippen LogP contribution in [0, 0.1) is 5.92 Å². The number of anilines is 1. The highest BCUT2D eigenvalue weighted by Crippen LogP contribution is 2.26. The molecule has 2 aromatic carbocycles. The Morgan fingerprint density at radius 2 is 1.84 bits per heavy atom. The van der Waals surface area contributed by atoms with E-state index in [1.54, 1.807) is 11.8 Å². The quantitative estimate of drug-likeness (QED) is 0.257. The number of carbonyl (C=O) groups is 1. The highest BCUT2D eigenvalue weighted by molar-refractivity contribution is 8.01. The van der Waals surface area contributed by atoms with E-state index < -0.39 is 0 Å². The predicted molar refractivity (Wildman–Crippen MR) is 133 cm³/mol. The van der Waals surface area contributed by atoms with Crippen molar-refractivity contribution in [3.8, 4) is 0 Å². The van der Waals surface area contributed by atoms with Crippen molar-refractivity contribution < 1.29 is 4.79 Å². The minimum atomic E-state index is -0.158. The molecular formula is C25H28N4OS2. The van der Waals surface area contributed by atoms with Gasteiger partial charge in [0.15, 0.2) is 4.34 Å². The molecule has 4 rings (SSSR count). The van der Waals surface area contributed by atoms with Gasteiger partial charge in [0.2, 0.25) is 5.13 Å². The summed E-state index contributed by atoms with van der Waals surface area (Å²) < 4.78 is 0.822. The van der Waals surface area contributed by atoms with Crippen LogP contribution < -0.4 is 5.32 Å². The standard InChI is InChI=1S/C25H28N4OS2/c1-2-16-31-25-28-27-24(32-25)26-23(30)22-10-8-21(9-11-22)18-29-14-12-20(13-15-29)17-19-6-4-3-5-7-19/h2-11,20H,1,12-18H2,(H,26,27,30). The number of nitrogens with one attached hydrogen (secondary N) is 1. The topological polar surface area (TPSA) is 58.1 Å². The Hall–Kier alpha value is -2.48. The third-order valence-corrected chi connectivity index (χ3v) is 7.62. The number of carbonyl (C=O) groups excluding carboxylic acids is 1. The average Bonchev–Trinajstić information content (AvgIpc) is 3.27. The molecule has 7 heteroatoms. The van der Waals surface area contributed by atoms with Crippen molar-refractivity contribution in [2.45, 2.75) is 30.1 Å². The molecule has 1 aliphatic rings. The highest BCUT2D eigenvalue weighted by Gasteiger charge is 2.19. The monoisotopic (exact) mass is 464 g/mol. The van der Waals surface area contributed by atoms with Crippen molar-refractivity contribution in [1.29, 1.82) is 0 Å². The number of hydrogen-bond donors (Lipinski definition) is 1. The predicted octanol–water partition coefficient (Wildman–Crippen LogP) is 5.52. The Bertz CT molecular complexity index is 1010. The van der Waals surface area contributed by atoms with Crippen molar-refractivity contribution in [3.63, 3.8) is 0 Å². The van der Waals surface area contributed by atoms with Crippen molar-refractivity contribution >= 4 is 34.1 Å². The van der Waals surface area contributed by atoms with Gasteiger partial charge in [-0.05, 0) is 61.5 Å². The van der Waals surface area contributed by atoms with Crippen molar-refractivity contribution in [1.82, 2.24) is 15.1 Å². The number of rotatable bonds is 9. The summed E-state index contributed by atoms with van der Waals surface area (Å²) in [6.45, 7) is 6.88. The molecular weight excluding hydrogens is 436 g/mol. The molecule has 5 nitrogen and oxygen atoms in total. The fraction of sp³-hybridized carbons (Fsp3) is 0.320. The fourth-order valence-electron chi connectivity index (χ4n) is 3.93. The molecule has 1 amide bonds. The lowest BCUT2D eigenvalue weighted by Crippen LogP contribution is -2.33. The molecule has 1 saturated heterocycles. The minimum absolute atomic E-state index is 0.158. The fourth-order valence-corrected chi connectivity index (χ4v) is 5.44. The second-order valence-electron chi connectivity index (χ2n) is 8.03. The lowest BCUT2D eigenvalue weighted by atomic mass is 9.90. The van der Waals surface area contributed by atoms with E-state index in [-0.39, 0.29) is 5.91 Å². The third kappa shape index (κ3) is 6.51. The van der Waals surface area contributed by atoms with Crippen LogP contribution in [0.5, 0.6) is 0 Å².